The van der Waals surface area contributed by atoms with Gasteiger partial charge in [-0.2, -0.15) is 0 Å². The van der Waals surface area contributed by atoms with Crippen molar-refractivity contribution in [2.45, 2.75) is 18.9 Å². The number of likely N-dealkylation sites (tertiary alicyclic amines) is 1. The highest BCUT2D eigenvalue weighted by molar-refractivity contribution is 5.95. The second-order valence-electron chi connectivity index (χ2n) is 5.27. The van der Waals surface area contributed by atoms with Crippen molar-refractivity contribution in [1.29, 1.82) is 0 Å². The molecule has 7 nitrogen and oxygen atoms in total. The van der Waals surface area contributed by atoms with E-state index in [1.165, 1.54) is 7.11 Å². The van der Waals surface area contributed by atoms with Crippen molar-refractivity contribution >= 4 is 12.0 Å². The summed E-state index contributed by atoms with van der Waals surface area (Å²) in [7, 11) is 1.37. The van der Waals surface area contributed by atoms with E-state index < -0.39 is 0 Å². The maximum atomic E-state index is 12.3. The van der Waals surface area contributed by atoms with Crippen molar-refractivity contribution in [2.75, 3.05) is 27.0 Å². The van der Waals surface area contributed by atoms with E-state index in [9.17, 15) is 9.59 Å². The Balaban J connectivity index is 1.56. The number of ether oxygens (including phenoxy) is 3. The second kappa shape index (κ2) is 6.13. The fourth-order valence-corrected chi connectivity index (χ4v) is 2.64. The van der Waals surface area contributed by atoms with Crippen LogP contribution in [0, 0.1) is 0 Å². The molecule has 0 radical (unpaired) electrons. The predicted molar refractivity (Wildman–Crippen MR) is 77.0 cm³/mol. The van der Waals surface area contributed by atoms with Gasteiger partial charge in [0.05, 0.1) is 7.11 Å². The molecular formula is C15H18N2O5. The molecule has 1 aromatic carbocycles. The highest BCUT2D eigenvalue weighted by Gasteiger charge is 2.25. The lowest BCUT2D eigenvalue weighted by molar-refractivity contribution is 0.0892. The Bertz CT molecular complexity index is 581. The van der Waals surface area contributed by atoms with Crippen LogP contribution in [0.1, 0.15) is 23.2 Å². The molecule has 1 aromatic rings. The monoisotopic (exact) mass is 306 g/mol. The fraction of sp³-hybridized carbons (Fsp3) is 0.467. The minimum absolute atomic E-state index is 0.0545. The average molecular weight is 306 g/mol. The number of hydrogen-bond acceptors (Lipinski definition) is 5. The van der Waals surface area contributed by atoms with E-state index in [-0.39, 0.29) is 24.8 Å². The summed E-state index contributed by atoms with van der Waals surface area (Å²) in [5, 5.41) is 2.99. The van der Waals surface area contributed by atoms with Gasteiger partial charge in [0.15, 0.2) is 11.5 Å². The summed E-state index contributed by atoms with van der Waals surface area (Å²) in [5.41, 5.74) is 0.541. The van der Waals surface area contributed by atoms with Gasteiger partial charge in [-0.3, -0.25) is 4.79 Å². The molecule has 2 aliphatic rings. The maximum Gasteiger partial charge on any atom is 0.409 e. The molecular weight excluding hydrogens is 288 g/mol. The Hall–Kier alpha value is -2.44. The number of methoxy groups -OCH3 is 1. The van der Waals surface area contributed by atoms with Crippen molar-refractivity contribution in [1.82, 2.24) is 10.2 Å². The van der Waals surface area contributed by atoms with Crippen molar-refractivity contribution in [3.63, 3.8) is 0 Å². The summed E-state index contributed by atoms with van der Waals surface area (Å²) in [6, 6.07) is 5.18. The number of benzene rings is 1. The fourth-order valence-electron chi connectivity index (χ4n) is 2.64. The van der Waals surface area contributed by atoms with Gasteiger partial charge < -0.3 is 24.4 Å². The largest absolute Gasteiger partial charge is 0.454 e. The number of nitrogens with one attached hydrogen (secondary N) is 1. The van der Waals surface area contributed by atoms with Crippen molar-refractivity contribution < 1.29 is 23.8 Å². The van der Waals surface area contributed by atoms with E-state index in [0.29, 0.717) is 43.0 Å². The molecule has 0 spiro atoms. The second-order valence-corrected chi connectivity index (χ2v) is 5.27. The van der Waals surface area contributed by atoms with Crippen LogP contribution < -0.4 is 14.8 Å². The zero-order valence-electron chi connectivity index (χ0n) is 12.3. The molecule has 1 N–H and O–H groups in total. The van der Waals surface area contributed by atoms with Gasteiger partial charge in [0.2, 0.25) is 6.79 Å². The molecule has 0 unspecified atom stereocenters. The normalized spacial score (nSPS) is 17.2. The molecule has 0 atom stereocenters. The van der Waals surface area contributed by atoms with Crippen LogP contribution >= 0.6 is 0 Å². The van der Waals surface area contributed by atoms with Crippen LogP contribution in [-0.2, 0) is 4.74 Å². The van der Waals surface area contributed by atoms with E-state index in [0.717, 1.165) is 0 Å². The van der Waals surface area contributed by atoms with Crippen LogP contribution in [0.4, 0.5) is 4.79 Å². The summed E-state index contributed by atoms with van der Waals surface area (Å²) in [6.07, 6.45) is 1.11. The van der Waals surface area contributed by atoms with E-state index >= 15 is 0 Å². The number of carbonyl (C=O) groups excluding carboxylic acids is 2. The standard InChI is InChI=1S/C15H18N2O5/c1-20-15(19)17-6-4-11(5-7-17)16-14(18)10-2-3-12-13(8-10)22-9-21-12/h2-3,8,11H,4-7,9H2,1H3,(H,16,18). The van der Waals surface area contributed by atoms with Crippen molar-refractivity contribution in [3.05, 3.63) is 23.8 Å². The predicted octanol–water partition coefficient (Wildman–Crippen LogP) is 1.38. The minimum Gasteiger partial charge on any atom is -0.454 e. The molecule has 2 aliphatic heterocycles. The SMILES string of the molecule is COC(=O)N1CCC(NC(=O)c2ccc3c(c2)OCO3)CC1. The molecule has 2 heterocycles. The first kappa shape index (κ1) is 14.5. The van der Waals surface area contributed by atoms with Gasteiger partial charge in [0.25, 0.3) is 5.91 Å². The lowest BCUT2D eigenvalue weighted by Gasteiger charge is -2.31. The molecule has 118 valence electrons. The quantitative estimate of drug-likeness (QED) is 0.893. The molecule has 3 rings (SSSR count). The zero-order valence-corrected chi connectivity index (χ0v) is 12.3. The van der Waals surface area contributed by atoms with E-state index in [2.05, 4.69) is 5.32 Å². The first-order valence-corrected chi connectivity index (χ1v) is 7.21. The number of carbonyl (C=O) groups is 2. The Morgan fingerprint density at radius 1 is 1.23 bits per heavy atom. The summed E-state index contributed by atoms with van der Waals surface area (Å²) in [5.74, 6) is 1.10. The van der Waals surface area contributed by atoms with Gasteiger partial charge in [0.1, 0.15) is 0 Å². The van der Waals surface area contributed by atoms with E-state index in [4.69, 9.17) is 14.2 Å². The lowest BCUT2D eigenvalue weighted by atomic mass is 10.0. The maximum absolute atomic E-state index is 12.3. The molecule has 2 amide bonds. The van der Waals surface area contributed by atoms with Crippen LogP contribution in [0.2, 0.25) is 0 Å². The van der Waals surface area contributed by atoms with Crippen LogP contribution in [0.15, 0.2) is 18.2 Å². The average Bonchev–Trinajstić information content (AvgIpc) is 3.02. The Kier molecular flexibility index (Phi) is 4.04. The highest BCUT2D eigenvalue weighted by atomic mass is 16.7. The molecule has 22 heavy (non-hydrogen) atoms. The van der Waals surface area contributed by atoms with Crippen LogP contribution in [0.25, 0.3) is 0 Å². The summed E-state index contributed by atoms with van der Waals surface area (Å²) in [4.78, 5) is 25.3. The van der Waals surface area contributed by atoms with Crippen LogP contribution in [0.3, 0.4) is 0 Å². The molecule has 7 heteroatoms. The van der Waals surface area contributed by atoms with Crippen molar-refractivity contribution in [2.24, 2.45) is 0 Å². The number of nitrogens with zero attached hydrogens (tertiary/aromatic N) is 1. The van der Waals surface area contributed by atoms with Gasteiger partial charge in [0, 0.05) is 24.7 Å². The van der Waals surface area contributed by atoms with Gasteiger partial charge >= 0.3 is 6.09 Å². The molecule has 1 saturated heterocycles. The van der Waals surface area contributed by atoms with Gasteiger partial charge in [-0.15, -0.1) is 0 Å². The first-order valence-electron chi connectivity index (χ1n) is 7.21. The van der Waals surface area contributed by atoms with Gasteiger partial charge in [-0.05, 0) is 31.0 Å². The third kappa shape index (κ3) is 2.93. The van der Waals surface area contributed by atoms with Gasteiger partial charge in [-0.1, -0.05) is 0 Å². The number of rotatable bonds is 2. The topological polar surface area (TPSA) is 77.1 Å². The Morgan fingerprint density at radius 2 is 1.95 bits per heavy atom. The molecule has 0 aromatic heterocycles. The molecule has 0 saturated carbocycles. The number of hydrogen-bond donors (Lipinski definition) is 1. The zero-order chi connectivity index (χ0) is 15.5. The summed E-state index contributed by atoms with van der Waals surface area (Å²) in [6.45, 7) is 1.35. The van der Waals surface area contributed by atoms with Crippen LogP contribution in [0.5, 0.6) is 11.5 Å². The first-order chi connectivity index (χ1) is 10.7. The lowest BCUT2D eigenvalue weighted by Crippen LogP contribution is -2.46. The molecule has 0 aliphatic carbocycles. The minimum atomic E-state index is -0.319. The van der Waals surface area contributed by atoms with E-state index in [1.54, 1.807) is 23.1 Å². The summed E-state index contributed by atoms with van der Waals surface area (Å²) < 4.78 is 15.2. The molecule has 0 bridgehead atoms. The van der Waals surface area contributed by atoms with Gasteiger partial charge in [-0.25, -0.2) is 4.79 Å². The third-order valence-electron chi connectivity index (χ3n) is 3.90. The smallest absolute Gasteiger partial charge is 0.409 e. The highest BCUT2D eigenvalue weighted by Crippen LogP contribution is 2.32. The number of amides is 2. The summed E-state index contributed by atoms with van der Waals surface area (Å²) >= 11 is 0. The Labute approximate surface area is 128 Å². The van der Waals surface area contributed by atoms with E-state index in [1.807, 2.05) is 0 Å². The third-order valence-corrected chi connectivity index (χ3v) is 3.90. The number of fused-ring (bicyclic) bond motifs is 1. The Morgan fingerprint density at radius 3 is 2.68 bits per heavy atom. The van der Waals surface area contributed by atoms with Crippen molar-refractivity contribution in [3.8, 4) is 11.5 Å². The number of piperidine rings is 1. The van der Waals surface area contributed by atoms with Crippen LogP contribution in [-0.4, -0.2) is 49.9 Å². The molecule has 1 fully saturated rings.